The van der Waals surface area contributed by atoms with E-state index in [4.69, 9.17) is 5.11 Å². The summed E-state index contributed by atoms with van der Waals surface area (Å²) < 4.78 is 0. The summed E-state index contributed by atoms with van der Waals surface area (Å²) in [6.07, 6.45) is 0.892. The van der Waals surface area contributed by atoms with Gasteiger partial charge in [-0.1, -0.05) is 12.1 Å². The minimum atomic E-state index is -0.843. The van der Waals surface area contributed by atoms with Crippen molar-refractivity contribution in [2.45, 2.75) is 26.4 Å². The molecule has 0 saturated carbocycles. The number of rotatable bonds is 4. The van der Waals surface area contributed by atoms with E-state index in [0.29, 0.717) is 4.88 Å². The molecule has 2 heterocycles. The molecule has 23 heavy (non-hydrogen) atoms. The second-order valence-corrected chi connectivity index (χ2v) is 6.84. The number of benzene rings is 1. The lowest BCUT2D eigenvalue weighted by Gasteiger charge is -2.26. The first-order chi connectivity index (χ1) is 11.0. The van der Waals surface area contributed by atoms with Crippen molar-refractivity contribution in [3.05, 3.63) is 51.2 Å². The Morgan fingerprint density at radius 2 is 2.04 bits per heavy atom. The van der Waals surface area contributed by atoms with Gasteiger partial charge in [0.25, 0.3) is 0 Å². The van der Waals surface area contributed by atoms with Crippen LogP contribution in [-0.4, -0.2) is 28.4 Å². The van der Waals surface area contributed by atoms with E-state index in [9.17, 15) is 9.59 Å². The maximum atomic E-state index is 11.1. The Hall–Kier alpha value is -2.18. The lowest BCUT2D eigenvalue weighted by Crippen LogP contribution is -2.28. The Labute approximate surface area is 138 Å². The van der Waals surface area contributed by atoms with Crippen LogP contribution in [-0.2, 0) is 24.3 Å². The predicted molar refractivity (Wildman–Crippen MR) is 89.8 cm³/mol. The molecule has 0 spiro atoms. The average Bonchev–Trinajstić information content (AvgIpc) is 2.92. The monoisotopic (exact) mass is 330 g/mol. The fourth-order valence-electron chi connectivity index (χ4n) is 2.77. The van der Waals surface area contributed by atoms with E-state index in [2.05, 4.69) is 10.2 Å². The number of carbonyl (C=O) groups is 2. The van der Waals surface area contributed by atoms with Crippen LogP contribution in [0.15, 0.2) is 30.3 Å². The molecule has 0 fully saturated rings. The molecule has 0 atom stereocenters. The molecule has 3 rings (SSSR count). The summed E-state index contributed by atoms with van der Waals surface area (Å²) in [5.41, 5.74) is 3.15. The quantitative estimate of drug-likeness (QED) is 0.904. The van der Waals surface area contributed by atoms with Crippen LogP contribution in [0.5, 0.6) is 0 Å². The van der Waals surface area contributed by atoms with Gasteiger partial charge in [0.05, 0.1) is 0 Å². The normalized spacial score (nSPS) is 14.3. The van der Waals surface area contributed by atoms with Gasteiger partial charge in [0.2, 0.25) is 5.91 Å². The Balaban J connectivity index is 1.65. The van der Waals surface area contributed by atoms with Crippen molar-refractivity contribution in [2.75, 3.05) is 11.9 Å². The summed E-state index contributed by atoms with van der Waals surface area (Å²) in [6, 6.07) is 9.64. The van der Waals surface area contributed by atoms with Crippen molar-refractivity contribution in [1.82, 2.24) is 4.90 Å². The molecule has 1 aliphatic heterocycles. The van der Waals surface area contributed by atoms with Gasteiger partial charge in [-0.15, -0.1) is 11.3 Å². The molecule has 2 N–H and O–H groups in total. The summed E-state index contributed by atoms with van der Waals surface area (Å²) in [6.45, 7) is 4.03. The Morgan fingerprint density at radius 1 is 1.30 bits per heavy atom. The third-order valence-corrected chi connectivity index (χ3v) is 5.00. The third kappa shape index (κ3) is 3.78. The molecule has 6 heteroatoms. The average molecular weight is 330 g/mol. The topological polar surface area (TPSA) is 69.6 Å². The number of carboxylic acid groups (broad SMARTS) is 1. The minimum Gasteiger partial charge on any atom is -0.477 e. The maximum Gasteiger partial charge on any atom is 0.345 e. The Kier molecular flexibility index (Phi) is 4.45. The lowest BCUT2D eigenvalue weighted by molar-refractivity contribution is -0.114. The number of carboxylic acids is 1. The highest BCUT2D eigenvalue weighted by Gasteiger charge is 2.21. The van der Waals surface area contributed by atoms with Crippen molar-refractivity contribution in [3.63, 3.8) is 0 Å². The third-order valence-electron chi connectivity index (χ3n) is 3.85. The van der Waals surface area contributed by atoms with E-state index in [1.807, 2.05) is 30.3 Å². The van der Waals surface area contributed by atoms with Gasteiger partial charge in [0.1, 0.15) is 4.88 Å². The molecular weight excluding hydrogens is 312 g/mol. The summed E-state index contributed by atoms with van der Waals surface area (Å²) in [7, 11) is 0. The number of amides is 1. The van der Waals surface area contributed by atoms with E-state index in [-0.39, 0.29) is 5.91 Å². The zero-order valence-electron chi connectivity index (χ0n) is 12.8. The molecule has 1 aliphatic rings. The van der Waals surface area contributed by atoms with E-state index in [1.54, 1.807) is 0 Å². The van der Waals surface area contributed by atoms with Gasteiger partial charge in [0, 0.05) is 37.1 Å². The summed E-state index contributed by atoms with van der Waals surface area (Å²) >= 11 is 1.38. The number of nitrogens with one attached hydrogen (secondary N) is 1. The smallest absolute Gasteiger partial charge is 0.345 e. The molecule has 0 unspecified atom stereocenters. The number of thiophene rings is 1. The number of hydrogen-bond donors (Lipinski definition) is 2. The van der Waals surface area contributed by atoms with E-state index >= 15 is 0 Å². The number of hydrogen-bond acceptors (Lipinski definition) is 4. The zero-order valence-corrected chi connectivity index (χ0v) is 13.7. The van der Waals surface area contributed by atoms with E-state index < -0.39 is 5.97 Å². The summed E-state index contributed by atoms with van der Waals surface area (Å²) in [5.74, 6) is -0.919. The van der Waals surface area contributed by atoms with Gasteiger partial charge in [-0.3, -0.25) is 9.69 Å². The van der Waals surface area contributed by atoms with Crippen LogP contribution in [0.2, 0.25) is 0 Å². The standard InChI is InChI=1S/C17H18N2O3S/c1-11(20)18-14-4-2-12(3-5-14)9-19-7-6-13-8-15(17(21)22)23-16(13)10-19/h2-5,8H,6-7,9-10H2,1H3,(H,18,20)(H,21,22). The minimum absolute atomic E-state index is 0.0757. The highest BCUT2D eigenvalue weighted by Crippen LogP contribution is 2.29. The van der Waals surface area contributed by atoms with Crippen LogP contribution in [0.25, 0.3) is 0 Å². The lowest BCUT2D eigenvalue weighted by atomic mass is 10.1. The fourth-order valence-corrected chi connectivity index (χ4v) is 3.86. The maximum absolute atomic E-state index is 11.1. The van der Waals surface area contributed by atoms with Gasteiger partial charge < -0.3 is 10.4 Å². The predicted octanol–water partition coefficient (Wildman–Crippen LogP) is 2.96. The number of anilines is 1. The second-order valence-electron chi connectivity index (χ2n) is 5.70. The van der Waals surface area contributed by atoms with Crippen LogP contribution in [0.3, 0.4) is 0 Å². The van der Waals surface area contributed by atoms with E-state index in [1.165, 1.54) is 29.4 Å². The van der Waals surface area contributed by atoms with Gasteiger partial charge in [0.15, 0.2) is 0 Å². The Morgan fingerprint density at radius 3 is 2.70 bits per heavy atom. The van der Waals surface area contributed by atoms with Crippen LogP contribution in [0, 0.1) is 0 Å². The van der Waals surface area contributed by atoms with Crippen molar-refractivity contribution in [3.8, 4) is 0 Å². The highest BCUT2D eigenvalue weighted by atomic mass is 32.1. The van der Waals surface area contributed by atoms with Gasteiger partial charge in [-0.05, 0) is 35.7 Å². The zero-order chi connectivity index (χ0) is 16.4. The fraction of sp³-hybridized carbons (Fsp3) is 0.294. The number of carbonyl (C=O) groups excluding carboxylic acids is 1. The molecule has 0 bridgehead atoms. The molecule has 120 valence electrons. The highest BCUT2D eigenvalue weighted by molar-refractivity contribution is 7.14. The first-order valence-corrected chi connectivity index (χ1v) is 8.26. The van der Waals surface area contributed by atoms with Crippen LogP contribution < -0.4 is 5.32 Å². The van der Waals surface area contributed by atoms with Crippen molar-refractivity contribution < 1.29 is 14.7 Å². The first-order valence-electron chi connectivity index (χ1n) is 7.45. The molecule has 5 nitrogen and oxygen atoms in total. The summed E-state index contributed by atoms with van der Waals surface area (Å²) in [5, 5.41) is 11.8. The second kappa shape index (κ2) is 6.52. The molecule has 0 aliphatic carbocycles. The molecule has 1 aromatic heterocycles. The molecule has 2 aromatic rings. The van der Waals surface area contributed by atoms with Crippen LogP contribution >= 0.6 is 11.3 Å². The van der Waals surface area contributed by atoms with Crippen molar-refractivity contribution >= 4 is 28.9 Å². The molecule has 0 saturated heterocycles. The number of fused-ring (bicyclic) bond motifs is 1. The number of nitrogens with zero attached hydrogens (tertiary/aromatic N) is 1. The number of aromatic carboxylic acids is 1. The Bertz CT molecular complexity index is 737. The first kappa shape index (κ1) is 15.7. The van der Waals surface area contributed by atoms with Crippen molar-refractivity contribution in [1.29, 1.82) is 0 Å². The molecule has 0 radical (unpaired) electrons. The SMILES string of the molecule is CC(=O)Nc1ccc(CN2CCc3cc(C(=O)O)sc3C2)cc1. The van der Waals surface area contributed by atoms with Crippen molar-refractivity contribution in [2.24, 2.45) is 0 Å². The van der Waals surface area contributed by atoms with Gasteiger partial charge in [-0.2, -0.15) is 0 Å². The van der Waals surface area contributed by atoms with Gasteiger partial charge in [-0.25, -0.2) is 4.79 Å². The summed E-state index contributed by atoms with van der Waals surface area (Å²) in [4.78, 5) is 26.0. The van der Waals surface area contributed by atoms with Gasteiger partial charge >= 0.3 is 5.97 Å². The van der Waals surface area contributed by atoms with Crippen LogP contribution in [0.4, 0.5) is 5.69 Å². The van der Waals surface area contributed by atoms with Crippen LogP contribution in [0.1, 0.15) is 32.6 Å². The largest absolute Gasteiger partial charge is 0.477 e. The van der Waals surface area contributed by atoms with E-state index in [0.717, 1.165) is 36.6 Å². The molecule has 1 amide bonds. The molecular formula is C17H18N2O3S. The molecule has 1 aromatic carbocycles.